The van der Waals surface area contributed by atoms with Gasteiger partial charge in [-0.15, -0.1) is 0 Å². The molecule has 0 aliphatic rings. The Morgan fingerprint density at radius 3 is 2.63 bits per heavy atom. The lowest BCUT2D eigenvalue weighted by Crippen LogP contribution is -2.17. The molecule has 3 nitrogen and oxygen atoms in total. The van der Waals surface area contributed by atoms with Crippen LogP contribution in [0.25, 0.3) is 6.08 Å². The minimum atomic E-state index is -0.664. The second kappa shape index (κ2) is 8.10. The molecule has 1 aromatic rings. The number of allylic oxidation sites excluding steroid dienone is 1. The molecule has 0 aromatic heterocycles. The molecule has 0 aliphatic carbocycles. The zero-order valence-corrected chi connectivity index (χ0v) is 11.4. The van der Waals surface area contributed by atoms with Gasteiger partial charge in [0.25, 0.3) is 0 Å². The van der Waals surface area contributed by atoms with Crippen LogP contribution in [0.15, 0.2) is 36.4 Å². The van der Waals surface area contributed by atoms with Crippen LogP contribution in [0.5, 0.6) is 0 Å². The maximum Gasteiger partial charge on any atom is 0.303 e. The van der Waals surface area contributed by atoms with Gasteiger partial charge in [0.05, 0.1) is 0 Å². The summed E-state index contributed by atoms with van der Waals surface area (Å²) in [6.07, 6.45) is 4.89. The Balaban J connectivity index is 2.61. The van der Waals surface area contributed by atoms with Gasteiger partial charge < -0.3 is 4.74 Å². The summed E-state index contributed by atoms with van der Waals surface area (Å²) < 4.78 is 4.95. The molecule has 3 heteroatoms. The molecule has 0 N–H and O–H groups in total. The smallest absolute Gasteiger partial charge is 0.303 e. The van der Waals surface area contributed by atoms with Crippen molar-refractivity contribution in [2.75, 3.05) is 0 Å². The molecule has 0 fully saturated rings. The predicted molar refractivity (Wildman–Crippen MR) is 75.0 cm³/mol. The Kier molecular flexibility index (Phi) is 6.38. The Morgan fingerprint density at radius 2 is 2.11 bits per heavy atom. The third-order valence-electron chi connectivity index (χ3n) is 2.85. The number of nitriles is 1. The van der Waals surface area contributed by atoms with Crippen molar-refractivity contribution < 1.29 is 9.53 Å². The number of hydrogen-bond acceptors (Lipinski definition) is 3. The number of carbonyl (C=O) groups excluding carboxylic acids is 1. The first kappa shape index (κ1) is 15.0. The predicted octanol–water partition coefficient (Wildman–Crippen LogP) is 3.57. The molecular weight excluding hydrogens is 238 g/mol. The van der Waals surface area contributed by atoms with Crippen LogP contribution in [0.4, 0.5) is 0 Å². The molecule has 0 amide bonds. The average molecular weight is 257 g/mol. The number of esters is 1. The Morgan fingerprint density at radius 1 is 1.42 bits per heavy atom. The van der Waals surface area contributed by atoms with E-state index in [2.05, 4.69) is 13.0 Å². The molecule has 100 valence electrons. The molecule has 0 bridgehead atoms. The molecule has 0 spiro atoms. The summed E-state index contributed by atoms with van der Waals surface area (Å²) in [5.74, 6) is -0.183. The quantitative estimate of drug-likeness (QED) is 0.732. The highest BCUT2D eigenvalue weighted by Crippen LogP contribution is 2.16. The summed E-state index contributed by atoms with van der Waals surface area (Å²) in [6.45, 7) is 3.38. The van der Waals surface area contributed by atoms with Gasteiger partial charge in [-0.1, -0.05) is 49.4 Å². The van der Waals surface area contributed by atoms with Crippen molar-refractivity contribution in [3.63, 3.8) is 0 Å². The lowest BCUT2D eigenvalue weighted by Gasteiger charge is -2.14. The van der Waals surface area contributed by atoms with E-state index in [1.807, 2.05) is 42.5 Å². The molecule has 19 heavy (non-hydrogen) atoms. The number of carbonyl (C=O) groups is 1. The number of rotatable bonds is 6. The second-order valence-corrected chi connectivity index (χ2v) is 4.40. The van der Waals surface area contributed by atoms with Gasteiger partial charge >= 0.3 is 5.97 Å². The van der Waals surface area contributed by atoms with E-state index in [9.17, 15) is 4.79 Å². The lowest BCUT2D eigenvalue weighted by molar-refractivity contribution is -0.144. The van der Waals surface area contributed by atoms with Crippen LogP contribution < -0.4 is 0 Å². The van der Waals surface area contributed by atoms with Crippen molar-refractivity contribution in [1.29, 1.82) is 5.26 Å². The van der Waals surface area contributed by atoms with Crippen molar-refractivity contribution in [3.8, 4) is 6.07 Å². The van der Waals surface area contributed by atoms with Crippen LogP contribution >= 0.6 is 0 Å². The van der Waals surface area contributed by atoms with Crippen molar-refractivity contribution in [2.24, 2.45) is 5.92 Å². The average Bonchev–Trinajstić information content (AvgIpc) is 2.42. The van der Waals surface area contributed by atoms with Crippen LogP contribution in [-0.4, -0.2) is 12.1 Å². The minimum absolute atomic E-state index is 0.226. The highest BCUT2D eigenvalue weighted by molar-refractivity contribution is 5.66. The van der Waals surface area contributed by atoms with E-state index in [4.69, 9.17) is 10.00 Å². The summed E-state index contributed by atoms with van der Waals surface area (Å²) in [7, 11) is 0. The van der Waals surface area contributed by atoms with Gasteiger partial charge in [0, 0.05) is 13.3 Å². The monoisotopic (exact) mass is 257 g/mol. The van der Waals surface area contributed by atoms with Crippen LogP contribution in [-0.2, 0) is 9.53 Å². The first-order valence-electron chi connectivity index (χ1n) is 6.45. The molecule has 1 rings (SSSR count). The Hall–Kier alpha value is -2.08. The van der Waals surface area contributed by atoms with E-state index >= 15 is 0 Å². The molecule has 0 aliphatic heterocycles. The highest BCUT2D eigenvalue weighted by Gasteiger charge is 2.15. The summed E-state index contributed by atoms with van der Waals surface area (Å²) in [5.41, 5.74) is 1.13. The number of ether oxygens (including phenoxy) is 1. The standard InChI is InChI=1S/C16H19NO2/c1-3-14(11-16(12-17)19-13(2)18)9-10-15-7-5-4-6-8-15/h4-10,14,16H,3,11H2,1-2H3/b10-9+. The summed E-state index contributed by atoms with van der Waals surface area (Å²) in [5, 5.41) is 8.95. The van der Waals surface area contributed by atoms with Gasteiger partial charge in [-0.3, -0.25) is 4.79 Å². The van der Waals surface area contributed by atoms with E-state index in [0.29, 0.717) is 6.42 Å². The van der Waals surface area contributed by atoms with Crippen LogP contribution in [0.3, 0.4) is 0 Å². The van der Waals surface area contributed by atoms with E-state index in [-0.39, 0.29) is 5.92 Å². The van der Waals surface area contributed by atoms with E-state index in [0.717, 1.165) is 12.0 Å². The van der Waals surface area contributed by atoms with E-state index < -0.39 is 12.1 Å². The summed E-state index contributed by atoms with van der Waals surface area (Å²) >= 11 is 0. The topological polar surface area (TPSA) is 50.1 Å². The Labute approximate surface area is 114 Å². The lowest BCUT2D eigenvalue weighted by atomic mass is 9.97. The SMILES string of the molecule is CCC(/C=C/c1ccccc1)CC(C#N)OC(C)=O. The normalized spacial score (nSPS) is 13.7. The number of hydrogen-bond donors (Lipinski definition) is 0. The molecule has 0 saturated heterocycles. The van der Waals surface area contributed by atoms with Gasteiger partial charge in [0.15, 0.2) is 6.10 Å². The van der Waals surface area contributed by atoms with Crippen LogP contribution in [0, 0.1) is 17.2 Å². The van der Waals surface area contributed by atoms with Gasteiger partial charge in [0.2, 0.25) is 0 Å². The second-order valence-electron chi connectivity index (χ2n) is 4.40. The fourth-order valence-electron chi connectivity index (χ4n) is 1.80. The van der Waals surface area contributed by atoms with Gasteiger partial charge in [-0.2, -0.15) is 5.26 Å². The fourth-order valence-corrected chi connectivity index (χ4v) is 1.80. The first-order valence-corrected chi connectivity index (χ1v) is 6.45. The van der Waals surface area contributed by atoms with Crippen LogP contribution in [0.2, 0.25) is 0 Å². The summed E-state index contributed by atoms with van der Waals surface area (Å²) in [6, 6.07) is 12.0. The molecular formula is C16H19NO2. The van der Waals surface area contributed by atoms with E-state index in [1.54, 1.807) is 0 Å². The maximum absolute atomic E-state index is 10.9. The number of benzene rings is 1. The van der Waals surface area contributed by atoms with Gasteiger partial charge in [0.1, 0.15) is 6.07 Å². The maximum atomic E-state index is 10.9. The van der Waals surface area contributed by atoms with E-state index in [1.165, 1.54) is 6.92 Å². The fraction of sp³-hybridized carbons (Fsp3) is 0.375. The van der Waals surface area contributed by atoms with Crippen molar-refractivity contribution in [3.05, 3.63) is 42.0 Å². The zero-order valence-electron chi connectivity index (χ0n) is 11.4. The molecule has 0 saturated carbocycles. The van der Waals surface area contributed by atoms with Crippen LogP contribution in [0.1, 0.15) is 32.3 Å². The highest BCUT2D eigenvalue weighted by atomic mass is 16.5. The van der Waals surface area contributed by atoms with Crippen molar-refractivity contribution in [1.82, 2.24) is 0 Å². The molecule has 0 heterocycles. The first-order chi connectivity index (χ1) is 9.15. The summed E-state index contributed by atoms with van der Waals surface area (Å²) in [4.78, 5) is 10.9. The van der Waals surface area contributed by atoms with Crippen molar-refractivity contribution >= 4 is 12.0 Å². The molecule has 1 aromatic carbocycles. The zero-order chi connectivity index (χ0) is 14.1. The largest absolute Gasteiger partial charge is 0.447 e. The molecule has 2 unspecified atom stereocenters. The molecule has 0 radical (unpaired) electrons. The number of nitrogens with zero attached hydrogens (tertiary/aromatic N) is 1. The minimum Gasteiger partial charge on any atom is -0.447 e. The van der Waals surface area contributed by atoms with Gasteiger partial charge in [-0.05, 0) is 17.9 Å². The third kappa shape index (κ3) is 5.87. The third-order valence-corrected chi connectivity index (χ3v) is 2.85. The van der Waals surface area contributed by atoms with Crippen molar-refractivity contribution in [2.45, 2.75) is 32.8 Å². The Bertz CT molecular complexity index is 459. The van der Waals surface area contributed by atoms with Gasteiger partial charge in [-0.25, -0.2) is 0 Å². The molecule has 2 atom stereocenters.